The van der Waals surface area contributed by atoms with Crippen LogP contribution < -0.4 is 5.32 Å². The maximum absolute atomic E-state index is 12.0. The fraction of sp³-hybridized carbons (Fsp3) is 0.0714. The van der Waals surface area contributed by atoms with E-state index < -0.39 is 15.8 Å². The topological polar surface area (TPSA) is 115 Å². The van der Waals surface area contributed by atoms with Crippen LogP contribution in [0.4, 0.5) is 17.1 Å². The van der Waals surface area contributed by atoms with Crippen molar-refractivity contribution in [3.63, 3.8) is 0 Å². The fourth-order valence-corrected chi connectivity index (χ4v) is 1.94. The number of para-hydroxylation sites is 3. The molecule has 8 nitrogen and oxygen atoms in total. The molecule has 0 bridgehead atoms. The molecule has 112 valence electrons. The Balaban J connectivity index is 2.18. The highest BCUT2D eigenvalue weighted by Gasteiger charge is 2.18. The number of anilines is 1. The van der Waals surface area contributed by atoms with Crippen molar-refractivity contribution >= 4 is 23.0 Å². The molecule has 22 heavy (non-hydrogen) atoms. The van der Waals surface area contributed by atoms with Gasteiger partial charge in [0, 0.05) is 17.7 Å². The van der Waals surface area contributed by atoms with E-state index in [2.05, 4.69) is 5.32 Å². The number of rotatable bonds is 5. The van der Waals surface area contributed by atoms with Crippen molar-refractivity contribution in [1.82, 2.24) is 0 Å². The predicted octanol–water partition coefficient (Wildman–Crippen LogP) is 2.68. The van der Waals surface area contributed by atoms with Gasteiger partial charge in [-0.05, 0) is 6.07 Å². The Kier molecular flexibility index (Phi) is 4.42. The molecule has 2 aromatic rings. The molecule has 0 fully saturated rings. The maximum atomic E-state index is 12.0. The third-order valence-electron chi connectivity index (χ3n) is 2.91. The molecular formula is C14H11N3O5. The second-order valence-corrected chi connectivity index (χ2v) is 4.39. The second kappa shape index (κ2) is 6.44. The summed E-state index contributed by atoms with van der Waals surface area (Å²) in [4.78, 5) is 32.5. The number of hydrogen-bond donors (Lipinski definition) is 1. The number of nitrogens with zero attached hydrogens (tertiary/aromatic N) is 2. The molecule has 0 atom stereocenters. The van der Waals surface area contributed by atoms with Gasteiger partial charge in [0.05, 0.1) is 16.3 Å². The van der Waals surface area contributed by atoms with Crippen LogP contribution in [0.25, 0.3) is 0 Å². The van der Waals surface area contributed by atoms with E-state index in [1.54, 1.807) is 12.1 Å². The van der Waals surface area contributed by atoms with Gasteiger partial charge in [0.25, 0.3) is 11.4 Å². The lowest BCUT2D eigenvalue weighted by molar-refractivity contribution is -0.385. The van der Waals surface area contributed by atoms with Crippen LogP contribution in [-0.2, 0) is 11.2 Å². The molecule has 0 spiro atoms. The minimum atomic E-state index is -0.611. The lowest BCUT2D eigenvalue weighted by Crippen LogP contribution is -2.16. The first kappa shape index (κ1) is 15.1. The molecule has 1 N–H and O–H groups in total. The van der Waals surface area contributed by atoms with Crippen molar-refractivity contribution in [3.05, 3.63) is 74.3 Å². The van der Waals surface area contributed by atoms with Crippen LogP contribution in [-0.4, -0.2) is 15.8 Å². The van der Waals surface area contributed by atoms with Gasteiger partial charge in [-0.15, -0.1) is 0 Å². The highest BCUT2D eigenvalue weighted by atomic mass is 16.6. The quantitative estimate of drug-likeness (QED) is 0.673. The normalized spacial score (nSPS) is 10.0. The molecule has 0 aliphatic carbocycles. The molecule has 0 saturated carbocycles. The van der Waals surface area contributed by atoms with E-state index in [-0.39, 0.29) is 29.0 Å². The van der Waals surface area contributed by atoms with Gasteiger partial charge in [-0.1, -0.05) is 30.3 Å². The van der Waals surface area contributed by atoms with Crippen LogP contribution in [0.2, 0.25) is 0 Å². The average Bonchev–Trinajstić information content (AvgIpc) is 2.47. The highest BCUT2D eigenvalue weighted by molar-refractivity contribution is 5.94. The van der Waals surface area contributed by atoms with Gasteiger partial charge >= 0.3 is 0 Å². The van der Waals surface area contributed by atoms with Crippen LogP contribution >= 0.6 is 0 Å². The third-order valence-corrected chi connectivity index (χ3v) is 2.91. The predicted molar refractivity (Wildman–Crippen MR) is 78.5 cm³/mol. The molecule has 0 aliphatic heterocycles. The van der Waals surface area contributed by atoms with Crippen molar-refractivity contribution in [2.45, 2.75) is 6.42 Å². The van der Waals surface area contributed by atoms with Crippen molar-refractivity contribution in [1.29, 1.82) is 0 Å². The SMILES string of the molecule is O=C(Cc1ccccc1[N+](=O)[O-])Nc1ccccc1[N+](=O)[O-]. The van der Waals surface area contributed by atoms with E-state index in [0.717, 1.165) is 0 Å². The van der Waals surface area contributed by atoms with Gasteiger partial charge in [-0.25, -0.2) is 0 Å². The number of carbonyl (C=O) groups is 1. The van der Waals surface area contributed by atoms with Crippen molar-refractivity contribution < 1.29 is 14.6 Å². The molecule has 0 radical (unpaired) electrons. The van der Waals surface area contributed by atoms with E-state index in [1.165, 1.54) is 36.4 Å². The first-order chi connectivity index (χ1) is 10.5. The molecule has 2 aromatic carbocycles. The Morgan fingerprint density at radius 1 is 0.909 bits per heavy atom. The third kappa shape index (κ3) is 3.42. The van der Waals surface area contributed by atoms with Crippen molar-refractivity contribution in [3.8, 4) is 0 Å². The fourth-order valence-electron chi connectivity index (χ4n) is 1.94. The monoisotopic (exact) mass is 301 g/mol. The van der Waals surface area contributed by atoms with Gasteiger partial charge in [0.2, 0.25) is 5.91 Å². The molecule has 0 unspecified atom stereocenters. The zero-order valence-corrected chi connectivity index (χ0v) is 11.3. The van der Waals surface area contributed by atoms with Gasteiger partial charge in [0.1, 0.15) is 5.69 Å². The summed E-state index contributed by atoms with van der Waals surface area (Å²) < 4.78 is 0. The average molecular weight is 301 g/mol. The van der Waals surface area contributed by atoms with Gasteiger partial charge < -0.3 is 5.32 Å². The van der Waals surface area contributed by atoms with Crippen LogP contribution in [0.3, 0.4) is 0 Å². The lowest BCUT2D eigenvalue weighted by Gasteiger charge is -2.06. The largest absolute Gasteiger partial charge is 0.320 e. The number of hydrogen-bond acceptors (Lipinski definition) is 5. The molecule has 0 aliphatic rings. The molecule has 0 aromatic heterocycles. The van der Waals surface area contributed by atoms with Gasteiger partial charge in [-0.2, -0.15) is 0 Å². The summed E-state index contributed by atoms with van der Waals surface area (Å²) in [5.41, 5.74) is -0.113. The van der Waals surface area contributed by atoms with Gasteiger partial charge in [0.15, 0.2) is 0 Å². The Hall–Kier alpha value is -3.29. The van der Waals surface area contributed by atoms with E-state index in [4.69, 9.17) is 0 Å². The van der Waals surface area contributed by atoms with Crippen LogP contribution in [0.1, 0.15) is 5.56 Å². The Morgan fingerprint density at radius 2 is 1.45 bits per heavy atom. The second-order valence-electron chi connectivity index (χ2n) is 4.39. The van der Waals surface area contributed by atoms with Crippen molar-refractivity contribution in [2.75, 3.05) is 5.32 Å². The minimum absolute atomic E-state index is 0.0519. The van der Waals surface area contributed by atoms with E-state index >= 15 is 0 Å². The summed E-state index contributed by atoms with van der Waals surface area (Å²) >= 11 is 0. The molecular weight excluding hydrogens is 290 g/mol. The van der Waals surface area contributed by atoms with Gasteiger partial charge in [-0.3, -0.25) is 25.0 Å². The zero-order valence-electron chi connectivity index (χ0n) is 11.3. The summed E-state index contributed by atoms with van der Waals surface area (Å²) in [6, 6.07) is 11.5. The first-order valence-electron chi connectivity index (χ1n) is 6.24. The van der Waals surface area contributed by atoms with E-state index in [0.29, 0.717) is 0 Å². The standard InChI is InChI=1S/C14H11N3O5/c18-14(9-10-5-1-3-7-12(10)16(19)20)15-11-6-2-4-8-13(11)17(21)22/h1-8H,9H2,(H,15,18). The molecule has 2 rings (SSSR count). The number of nitro benzene ring substituents is 2. The van der Waals surface area contributed by atoms with E-state index in [9.17, 15) is 25.0 Å². The summed E-state index contributed by atoms with van der Waals surface area (Å²) in [5.74, 6) is -0.566. The van der Waals surface area contributed by atoms with E-state index in [1.807, 2.05) is 0 Å². The lowest BCUT2D eigenvalue weighted by atomic mass is 10.1. The van der Waals surface area contributed by atoms with Crippen LogP contribution in [0, 0.1) is 20.2 Å². The summed E-state index contributed by atoms with van der Waals surface area (Å²) in [5, 5.41) is 24.2. The Morgan fingerprint density at radius 3 is 2.09 bits per heavy atom. The number of benzene rings is 2. The number of nitro groups is 2. The Bertz CT molecular complexity index is 683. The molecule has 0 saturated heterocycles. The molecule has 1 amide bonds. The number of amides is 1. The zero-order chi connectivity index (χ0) is 16.1. The van der Waals surface area contributed by atoms with Crippen molar-refractivity contribution in [2.24, 2.45) is 0 Å². The molecule has 8 heteroatoms. The summed E-state index contributed by atoms with van der Waals surface area (Å²) in [6.07, 6.45) is -0.247. The maximum Gasteiger partial charge on any atom is 0.292 e. The number of nitrogens with one attached hydrogen (secondary N) is 1. The minimum Gasteiger partial charge on any atom is -0.320 e. The summed E-state index contributed by atoms with van der Waals surface area (Å²) in [7, 11) is 0. The summed E-state index contributed by atoms with van der Waals surface area (Å²) in [6.45, 7) is 0. The van der Waals surface area contributed by atoms with Crippen LogP contribution in [0.15, 0.2) is 48.5 Å². The first-order valence-corrected chi connectivity index (χ1v) is 6.24. The number of carbonyl (C=O) groups excluding carboxylic acids is 1. The molecule has 0 heterocycles. The van der Waals surface area contributed by atoms with Crippen LogP contribution in [0.5, 0.6) is 0 Å². The highest BCUT2D eigenvalue weighted by Crippen LogP contribution is 2.24. The Labute approximate surface area is 124 Å². The smallest absolute Gasteiger partial charge is 0.292 e.